The number of carbonyl (C=O) groups excluding carboxylic acids is 4. The van der Waals surface area contributed by atoms with Crippen molar-refractivity contribution in [3.63, 3.8) is 0 Å². The van der Waals surface area contributed by atoms with Gasteiger partial charge in [0.2, 0.25) is 11.8 Å². The van der Waals surface area contributed by atoms with Crippen LogP contribution < -0.4 is 5.32 Å². The molecule has 0 bridgehead atoms. The predicted molar refractivity (Wildman–Crippen MR) is 114 cm³/mol. The first-order valence-electron chi connectivity index (χ1n) is 10.7. The summed E-state index contributed by atoms with van der Waals surface area (Å²) in [5.41, 5.74) is 2.80. The molecule has 0 spiro atoms. The Morgan fingerprint density at radius 3 is 2.55 bits per heavy atom. The van der Waals surface area contributed by atoms with E-state index < -0.39 is 29.9 Å². The number of carboxylic acid groups (broad SMARTS) is 1. The van der Waals surface area contributed by atoms with Gasteiger partial charge in [-0.25, -0.2) is 4.79 Å². The summed E-state index contributed by atoms with van der Waals surface area (Å²) in [6.45, 7) is 0.415. The second kappa shape index (κ2) is 7.84. The van der Waals surface area contributed by atoms with Crippen molar-refractivity contribution in [1.29, 1.82) is 0 Å². The maximum atomic E-state index is 13.3. The molecule has 0 aliphatic carbocycles. The van der Waals surface area contributed by atoms with Crippen molar-refractivity contribution in [2.24, 2.45) is 0 Å². The Kier molecular flexibility index (Phi) is 4.96. The third kappa shape index (κ3) is 3.45. The highest BCUT2D eigenvalue weighted by atomic mass is 16.4. The molecule has 9 heteroatoms. The number of aliphatic carboxylic acids is 1. The Balaban J connectivity index is 1.41. The first kappa shape index (κ1) is 20.9. The summed E-state index contributed by atoms with van der Waals surface area (Å²) >= 11 is 0. The number of nitrogens with zero attached hydrogens (tertiary/aromatic N) is 2. The predicted octanol–water partition coefficient (Wildman–Crippen LogP) is 1.27. The topological polar surface area (TPSA) is 124 Å². The van der Waals surface area contributed by atoms with Crippen molar-refractivity contribution < 1.29 is 29.1 Å². The van der Waals surface area contributed by atoms with Gasteiger partial charge in [0.15, 0.2) is 6.04 Å². The van der Waals surface area contributed by atoms with Crippen molar-refractivity contribution >= 4 is 29.6 Å². The molecule has 2 N–H and O–H groups in total. The largest absolute Gasteiger partial charge is 0.479 e. The van der Waals surface area contributed by atoms with Gasteiger partial charge < -0.3 is 14.9 Å². The number of benzene rings is 2. The van der Waals surface area contributed by atoms with Crippen LogP contribution >= 0.6 is 0 Å². The SMILES string of the molecule is O=C1CCC(N2Cc3cc(C(=O)N4CCc5ccccc5C4C(=O)O)ccc3C2=O)C(=O)N1. The average Bonchev–Trinajstić information content (AvgIpc) is 3.13. The molecular formula is C24H21N3O6. The van der Waals surface area contributed by atoms with Gasteiger partial charge in [-0.05, 0) is 47.7 Å². The Bertz CT molecular complexity index is 1220. The molecule has 2 atom stereocenters. The third-order valence-corrected chi connectivity index (χ3v) is 6.55. The second-order valence-corrected chi connectivity index (χ2v) is 8.46. The van der Waals surface area contributed by atoms with Crippen molar-refractivity contribution in [3.8, 4) is 0 Å². The summed E-state index contributed by atoms with van der Waals surface area (Å²) < 4.78 is 0. The number of nitrogens with one attached hydrogen (secondary N) is 1. The molecule has 2 aromatic rings. The van der Waals surface area contributed by atoms with Gasteiger partial charge in [-0.3, -0.25) is 24.5 Å². The fourth-order valence-corrected chi connectivity index (χ4v) is 4.92. The van der Waals surface area contributed by atoms with Crippen LogP contribution in [0.1, 0.15) is 56.3 Å². The van der Waals surface area contributed by atoms with Crippen LogP contribution in [0.2, 0.25) is 0 Å². The van der Waals surface area contributed by atoms with E-state index >= 15 is 0 Å². The van der Waals surface area contributed by atoms with Crippen LogP contribution in [-0.4, -0.2) is 57.1 Å². The monoisotopic (exact) mass is 447 g/mol. The van der Waals surface area contributed by atoms with Crippen LogP contribution in [0.25, 0.3) is 0 Å². The Morgan fingerprint density at radius 1 is 1.00 bits per heavy atom. The third-order valence-electron chi connectivity index (χ3n) is 6.55. The number of carbonyl (C=O) groups is 5. The maximum Gasteiger partial charge on any atom is 0.331 e. The van der Waals surface area contributed by atoms with E-state index in [1.54, 1.807) is 24.3 Å². The summed E-state index contributed by atoms with van der Waals surface area (Å²) in [7, 11) is 0. The fraction of sp³-hybridized carbons (Fsp3) is 0.292. The number of rotatable bonds is 3. The number of hydrogen-bond acceptors (Lipinski definition) is 5. The van der Waals surface area contributed by atoms with Gasteiger partial charge in [0.05, 0.1) is 0 Å². The number of carboxylic acids is 1. The molecule has 0 radical (unpaired) electrons. The Hall–Kier alpha value is -4.01. The molecule has 1 fully saturated rings. The maximum absolute atomic E-state index is 13.3. The normalized spacial score (nSPS) is 22.0. The van der Waals surface area contributed by atoms with Crippen molar-refractivity contribution in [2.45, 2.75) is 37.9 Å². The molecule has 1 saturated heterocycles. The quantitative estimate of drug-likeness (QED) is 0.683. The lowest BCUT2D eigenvalue weighted by atomic mass is 9.92. The summed E-state index contributed by atoms with van der Waals surface area (Å²) in [6.07, 6.45) is 0.968. The van der Waals surface area contributed by atoms with E-state index in [1.165, 1.54) is 15.9 Å². The lowest BCUT2D eigenvalue weighted by Gasteiger charge is -2.34. The molecular weight excluding hydrogens is 426 g/mol. The highest BCUT2D eigenvalue weighted by Gasteiger charge is 2.40. The van der Waals surface area contributed by atoms with E-state index in [4.69, 9.17) is 0 Å². The summed E-state index contributed by atoms with van der Waals surface area (Å²) in [5, 5.41) is 12.1. The number of piperidine rings is 1. The number of amides is 4. The summed E-state index contributed by atoms with van der Waals surface area (Å²) in [5.74, 6) is -2.71. The molecule has 4 amide bonds. The first-order chi connectivity index (χ1) is 15.8. The first-order valence-corrected chi connectivity index (χ1v) is 10.7. The van der Waals surface area contributed by atoms with Gasteiger partial charge in [-0.15, -0.1) is 0 Å². The van der Waals surface area contributed by atoms with Crippen molar-refractivity contribution in [3.05, 3.63) is 70.3 Å². The zero-order valence-corrected chi connectivity index (χ0v) is 17.6. The minimum Gasteiger partial charge on any atom is -0.479 e. The van der Waals surface area contributed by atoms with Crippen LogP contribution in [0.3, 0.4) is 0 Å². The fourth-order valence-electron chi connectivity index (χ4n) is 4.92. The zero-order valence-electron chi connectivity index (χ0n) is 17.6. The molecule has 3 aliphatic heterocycles. The van der Waals surface area contributed by atoms with E-state index in [2.05, 4.69) is 5.32 Å². The lowest BCUT2D eigenvalue weighted by molar-refractivity contribution is -0.143. The zero-order chi connectivity index (χ0) is 23.3. The molecule has 3 aliphatic rings. The smallest absolute Gasteiger partial charge is 0.331 e. The van der Waals surface area contributed by atoms with E-state index in [0.29, 0.717) is 23.1 Å². The minimum absolute atomic E-state index is 0.146. The molecule has 3 heterocycles. The number of hydrogen-bond donors (Lipinski definition) is 2. The van der Waals surface area contributed by atoms with Crippen LogP contribution in [0.5, 0.6) is 0 Å². The molecule has 9 nitrogen and oxygen atoms in total. The van der Waals surface area contributed by atoms with Gasteiger partial charge in [0.25, 0.3) is 11.8 Å². The molecule has 2 unspecified atom stereocenters. The highest BCUT2D eigenvalue weighted by molar-refractivity contribution is 6.06. The number of fused-ring (bicyclic) bond motifs is 2. The van der Waals surface area contributed by atoms with E-state index in [0.717, 1.165) is 5.56 Å². The van der Waals surface area contributed by atoms with Crippen LogP contribution in [-0.2, 0) is 27.3 Å². The molecule has 5 rings (SSSR count). The van der Waals surface area contributed by atoms with E-state index in [-0.39, 0.29) is 43.3 Å². The molecule has 0 saturated carbocycles. The summed E-state index contributed by atoms with van der Waals surface area (Å²) in [4.78, 5) is 64.7. The van der Waals surface area contributed by atoms with E-state index in [9.17, 15) is 29.1 Å². The highest BCUT2D eigenvalue weighted by Crippen LogP contribution is 2.33. The lowest BCUT2D eigenvalue weighted by Crippen LogP contribution is -2.52. The Morgan fingerprint density at radius 2 is 1.79 bits per heavy atom. The van der Waals surface area contributed by atoms with Gasteiger partial charge >= 0.3 is 5.97 Å². The van der Waals surface area contributed by atoms with Crippen LogP contribution in [0, 0.1) is 0 Å². The van der Waals surface area contributed by atoms with Crippen LogP contribution in [0.15, 0.2) is 42.5 Å². The second-order valence-electron chi connectivity index (χ2n) is 8.46. The minimum atomic E-state index is -1.10. The van der Waals surface area contributed by atoms with Crippen molar-refractivity contribution in [1.82, 2.24) is 15.1 Å². The van der Waals surface area contributed by atoms with Gasteiger partial charge in [0.1, 0.15) is 6.04 Å². The average molecular weight is 447 g/mol. The van der Waals surface area contributed by atoms with E-state index in [1.807, 2.05) is 12.1 Å². The van der Waals surface area contributed by atoms with Gasteiger partial charge in [0, 0.05) is 30.6 Å². The van der Waals surface area contributed by atoms with Gasteiger partial charge in [-0.1, -0.05) is 24.3 Å². The van der Waals surface area contributed by atoms with Crippen LogP contribution in [0.4, 0.5) is 0 Å². The molecule has 0 aromatic heterocycles. The van der Waals surface area contributed by atoms with Crippen molar-refractivity contribution in [2.75, 3.05) is 6.54 Å². The molecule has 33 heavy (non-hydrogen) atoms. The number of imide groups is 1. The summed E-state index contributed by atoms with van der Waals surface area (Å²) in [6, 6.07) is 10.0. The van der Waals surface area contributed by atoms with Gasteiger partial charge in [-0.2, -0.15) is 0 Å². The Labute approximate surface area is 189 Å². The molecule has 2 aromatic carbocycles. The molecule has 168 valence electrons. The standard InChI is InChI=1S/C24H21N3O6/c28-19-8-7-18(21(29)25-19)27-12-15-11-14(5-6-17(15)23(27)31)22(30)26-10-9-13-3-1-2-4-16(13)20(26)24(32)33/h1-6,11,18,20H,7-10,12H2,(H,32,33)(H,25,28,29).